The molecule has 0 spiro atoms. The van der Waals surface area contributed by atoms with Crippen LogP contribution in [0.25, 0.3) is 0 Å². The van der Waals surface area contributed by atoms with Crippen LogP contribution in [-0.2, 0) is 6.54 Å². The van der Waals surface area contributed by atoms with Gasteiger partial charge in [-0.05, 0) is 53.8 Å². The molecule has 0 unspecified atom stereocenters. The molecule has 0 bridgehead atoms. The van der Waals surface area contributed by atoms with Crippen molar-refractivity contribution in [3.8, 4) is 0 Å². The molecule has 1 aromatic carbocycles. The number of carbonyl (C=O) groups excluding carboxylic acids is 1. The van der Waals surface area contributed by atoms with Crippen LogP contribution in [0.1, 0.15) is 26.4 Å². The molecular weight excluding hydrogens is 370 g/mol. The quantitative estimate of drug-likeness (QED) is 0.537. The summed E-state index contributed by atoms with van der Waals surface area (Å²) in [5.41, 5.74) is 4.02. The van der Waals surface area contributed by atoms with E-state index in [-0.39, 0.29) is 11.1 Å². The minimum absolute atomic E-state index is 0.0366. The Balaban J connectivity index is 1.76. The van der Waals surface area contributed by atoms with Gasteiger partial charge in [-0.3, -0.25) is 9.59 Å². The molecule has 2 aromatic heterocycles. The molecular formula is C19H16ClN3O2S. The standard InChI is InChI=1S/C19H16ClN3O2S/c1-13-7-9-26-17(13)11-21-22-18(24)16-6-3-8-23(19(16)25)12-14-4-2-5-15(20)10-14/h2-11H,12H2,1H3,(H,22,24)/b21-11-. The van der Waals surface area contributed by atoms with E-state index in [0.29, 0.717) is 11.6 Å². The summed E-state index contributed by atoms with van der Waals surface area (Å²) in [5.74, 6) is -0.541. The highest BCUT2D eigenvalue weighted by Gasteiger charge is 2.11. The number of nitrogens with zero attached hydrogens (tertiary/aromatic N) is 2. The summed E-state index contributed by atoms with van der Waals surface area (Å²) in [6.07, 6.45) is 3.21. The molecule has 7 heteroatoms. The molecule has 0 saturated heterocycles. The normalized spacial score (nSPS) is 11.0. The van der Waals surface area contributed by atoms with Crippen molar-refractivity contribution in [2.24, 2.45) is 5.10 Å². The number of hydrogen-bond acceptors (Lipinski definition) is 4. The van der Waals surface area contributed by atoms with Crippen molar-refractivity contribution < 1.29 is 4.79 Å². The van der Waals surface area contributed by atoms with Crippen LogP contribution < -0.4 is 11.0 Å². The van der Waals surface area contributed by atoms with Crippen LogP contribution in [0.15, 0.2) is 63.9 Å². The maximum atomic E-state index is 12.6. The maximum Gasteiger partial charge on any atom is 0.276 e. The third-order valence-corrected chi connectivity index (χ3v) is 4.94. The lowest BCUT2D eigenvalue weighted by molar-refractivity contribution is 0.0953. The van der Waals surface area contributed by atoms with Gasteiger partial charge in [-0.2, -0.15) is 5.10 Å². The number of benzene rings is 1. The molecule has 0 atom stereocenters. The average Bonchev–Trinajstić information content (AvgIpc) is 3.02. The van der Waals surface area contributed by atoms with Gasteiger partial charge in [0.2, 0.25) is 0 Å². The molecule has 0 saturated carbocycles. The first-order chi connectivity index (χ1) is 12.5. The zero-order valence-corrected chi connectivity index (χ0v) is 15.6. The minimum atomic E-state index is -0.541. The Kier molecular flexibility index (Phi) is 5.65. The Morgan fingerprint density at radius 3 is 2.88 bits per heavy atom. The van der Waals surface area contributed by atoms with Gasteiger partial charge in [0, 0.05) is 16.1 Å². The topological polar surface area (TPSA) is 63.5 Å². The first kappa shape index (κ1) is 18.1. The molecule has 0 aliphatic heterocycles. The van der Waals surface area contributed by atoms with E-state index in [1.165, 1.54) is 22.0 Å². The van der Waals surface area contributed by atoms with Crippen LogP contribution in [0.2, 0.25) is 5.02 Å². The van der Waals surface area contributed by atoms with Gasteiger partial charge < -0.3 is 4.57 Å². The lowest BCUT2D eigenvalue weighted by Gasteiger charge is -2.08. The summed E-state index contributed by atoms with van der Waals surface area (Å²) in [4.78, 5) is 25.8. The SMILES string of the molecule is Cc1ccsc1/C=N\NC(=O)c1cccn(Cc2cccc(Cl)c2)c1=O. The monoisotopic (exact) mass is 385 g/mol. The van der Waals surface area contributed by atoms with Crippen LogP contribution in [0, 0.1) is 6.92 Å². The second-order valence-electron chi connectivity index (χ2n) is 5.65. The van der Waals surface area contributed by atoms with Crippen molar-refractivity contribution in [2.75, 3.05) is 0 Å². The highest BCUT2D eigenvalue weighted by Crippen LogP contribution is 2.12. The lowest BCUT2D eigenvalue weighted by Crippen LogP contribution is -2.30. The molecule has 26 heavy (non-hydrogen) atoms. The molecule has 1 N–H and O–H groups in total. The second-order valence-corrected chi connectivity index (χ2v) is 7.04. The smallest absolute Gasteiger partial charge is 0.276 e. The van der Waals surface area contributed by atoms with Crippen LogP contribution in [0.4, 0.5) is 0 Å². The third kappa shape index (κ3) is 4.28. The summed E-state index contributed by atoms with van der Waals surface area (Å²) in [7, 11) is 0. The van der Waals surface area contributed by atoms with E-state index >= 15 is 0 Å². The zero-order valence-electron chi connectivity index (χ0n) is 14.0. The molecule has 0 aliphatic carbocycles. The van der Waals surface area contributed by atoms with Crippen LogP contribution in [0.3, 0.4) is 0 Å². The van der Waals surface area contributed by atoms with Gasteiger partial charge in [0.15, 0.2) is 0 Å². The molecule has 2 heterocycles. The summed E-state index contributed by atoms with van der Waals surface area (Å²) in [5, 5.41) is 6.49. The Bertz CT molecular complexity index is 1020. The second kappa shape index (κ2) is 8.12. The summed E-state index contributed by atoms with van der Waals surface area (Å²) in [6, 6.07) is 12.4. The van der Waals surface area contributed by atoms with Crippen molar-refractivity contribution in [3.63, 3.8) is 0 Å². The first-order valence-electron chi connectivity index (χ1n) is 7.86. The predicted octanol–water partition coefficient (Wildman–Crippen LogP) is 3.68. The van der Waals surface area contributed by atoms with E-state index in [2.05, 4.69) is 10.5 Å². The molecule has 3 rings (SSSR count). The van der Waals surface area contributed by atoms with Gasteiger partial charge >= 0.3 is 0 Å². The van der Waals surface area contributed by atoms with Gasteiger partial charge in [-0.15, -0.1) is 11.3 Å². The molecule has 5 nitrogen and oxygen atoms in total. The number of hydrazone groups is 1. The lowest BCUT2D eigenvalue weighted by atomic mass is 10.2. The largest absolute Gasteiger partial charge is 0.310 e. The van der Waals surface area contributed by atoms with E-state index in [1.807, 2.05) is 30.5 Å². The van der Waals surface area contributed by atoms with Gasteiger partial charge in [-0.25, -0.2) is 5.43 Å². The third-order valence-electron chi connectivity index (χ3n) is 3.76. The number of nitrogens with one attached hydrogen (secondary N) is 1. The maximum absolute atomic E-state index is 12.6. The number of carbonyl (C=O) groups is 1. The fourth-order valence-corrected chi connectivity index (χ4v) is 3.39. The van der Waals surface area contributed by atoms with Crippen molar-refractivity contribution in [3.05, 3.63) is 91.0 Å². The molecule has 0 fully saturated rings. The molecule has 0 aliphatic rings. The summed E-state index contributed by atoms with van der Waals surface area (Å²) < 4.78 is 1.47. The van der Waals surface area contributed by atoms with E-state index in [4.69, 9.17) is 11.6 Å². The summed E-state index contributed by atoms with van der Waals surface area (Å²) >= 11 is 7.50. The van der Waals surface area contributed by atoms with Crippen molar-refractivity contribution >= 4 is 35.1 Å². The number of rotatable bonds is 5. The highest BCUT2D eigenvalue weighted by atomic mass is 35.5. The summed E-state index contributed by atoms with van der Waals surface area (Å²) in [6.45, 7) is 2.30. The number of pyridine rings is 1. The van der Waals surface area contributed by atoms with Gasteiger partial charge in [-0.1, -0.05) is 23.7 Å². The number of hydrogen-bond donors (Lipinski definition) is 1. The van der Waals surface area contributed by atoms with E-state index in [1.54, 1.807) is 30.6 Å². The molecule has 132 valence electrons. The number of aromatic nitrogens is 1. The fraction of sp³-hybridized carbons (Fsp3) is 0.105. The Hall–Kier alpha value is -2.70. The van der Waals surface area contributed by atoms with E-state index < -0.39 is 5.91 Å². The highest BCUT2D eigenvalue weighted by molar-refractivity contribution is 7.11. The van der Waals surface area contributed by atoms with Crippen molar-refractivity contribution in [2.45, 2.75) is 13.5 Å². The van der Waals surface area contributed by atoms with E-state index in [0.717, 1.165) is 16.0 Å². The van der Waals surface area contributed by atoms with E-state index in [9.17, 15) is 9.59 Å². The first-order valence-corrected chi connectivity index (χ1v) is 9.12. The van der Waals surface area contributed by atoms with Crippen LogP contribution >= 0.6 is 22.9 Å². The van der Waals surface area contributed by atoms with Crippen molar-refractivity contribution in [1.82, 2.24) is 9.99 Å². The Morgan fingerprint density at radius 1 is 1.31 bits per heavy atom. The van der Waals surface area contributed by atoms with Crippen LogP contribution in [-0.4, -0.2) is 16.7 Å². The zero-order chi connectivity index (χ0) is 18.5. The number of aryl methyl sites for hydroxylation is 1. The van der Waals surface area contributed by atoms with Crippen LogP contribution in [0.5, 0.6) is 0 Å². The number of halogens is 1. The number of thiophene rings is 1. The van der Waals surface area contributed by atoms with Gasteiger partial charge in [0.25, 0.3) is 11.5 Å². The molecule has 3 aromatic rings. The molecule has 1 amide bonds. The van der Waals surface area contributed by atoms with Gasteiger partial charge in [0.05, 0.1) is 12.8 Å². The fourth-order valence-electron chi connectivity index (χ4n) is 2.39. The van der Waals surface area contributed by atoms with Gasteiger partial charge in [0.1, 0.15) is 5.56 Å². The predicted molar refractivity (Wildman–Crippen MR) is 105 cm³/mol. The Labute approximate surface area is 159 Å². The van der Waals surface area contributed by atoms with Crippen molar-refractivity contribution in [1.29, 1.82) is 0 Å². The number of amides is 1. The Morgan fingerprint density at radius 2 is 2.15 bits per heavy atom. The molecule has 0 radical (unpaired) electrons. The minimum Gasteiger partial charge on any atom is -0.310 e. The average molecular weight is 386 g/mol.